The SMILES string of the molecule is CC1(CC(O)CN)CCOCC1. The van der Waals surface area contributed by atoms with Gasteiger partial charge in [0.1, 0.15) is 0 Å². The largest absolute Gasteiger partial charge is 0.392 e. The van der Waals surface area contributed by atoms with Crippen LogP contribution in [0.15, 0.2) is 0 Å². The van der Waals surface area contributed by atoms with Crippen LogP contribution >= 0.6 is 0 Å². The van der Waals surface area contributed by atoms with Gasteiger partial charge in [0.05, 0.1) is 6.10 Å². The third kappa shape index (κ3) is 2.73. The Balaban J connectivity index is 2.35. The van der Waals surface area contributed by atoms with Crippen molar-refractivity contribution >= 4 is 0 Å². The van der Waals surface area contributed by atoms with E-state index >= 15 is 0 Å². The smallest absolute Gasteiger partial charge is 0.0667 e. The molecule has 1 rings (SSSR count). The lowest BCUT2D eigenvalue weighted by atomic mass is 9.78. The highest BCUT2D eigenvalue weighted by Gasteiger charge is 2.29. The first-order valence-electron chi connectivity index (χ1n) is 4.62. The fourth-order valence-corrected chi connectivity index (χ4v) is 1.72. The summed E-state index contributed by atoms with van der Waals surface area (Å²) < 4.78 is 5.27. The van der Waals surface area contributed by atoms with Gasteiger partial charge in [-0.1, -0.05) is 6.92 Å². The van der Waals surface area contributed by atoms with Gasteiger partial charge in [0.25, 0.3) is 0 Å². The van der Waals surface area contributed by atoms with E-state index in [4.69, 9.17) is 10.5 Å². The summed E-state index contributed by atoms with van der Waals surface area (Å²) in [6, 6.07) is 0. The van der Waals surface area contributed by atoms with E-state index in [1.165, 1.54) is 0 Å². The Kier molecular flexibility index (Phi) is 3.50. The quantitative estimate of drug-likeness (QED) is 0.654. The zero-order chi connectivity index (χ0) is 9.03. The van der Waals surface area contributed by atoms with Crippen LogP contribution in [0.25, 0.3) is 0 Å². The molecule has 0 aromatic heterocycles. The van der Waals surface area contributed by atoms with Crippen molar-refractivity contribution in [3.63, 3.8) is 0 Å². The van der Waals surface area contributed by atoms with E-state index in [1.54, 1.807) is 0 Å². The lowest BCUT2D eigenvalue weighted by Crippen LogP contribution is -2.33. The number of hydrogen-bond acceptors (Lipinski definition) is 3. The van der Waals surface area contributed by atoms with E-state index in [0.717, 1.165) is 32.5 Å². The van der Waals surface area contributed by atoms with Crippen molar-refractivity contribution in [3.8, 4) is 0 Å². The number of ether oxygens (including phenoxy) is 1. The minimum absolute atomic E-state index is 0.247. The molecule has 3 N–H and O–H groups in total. The molecule has 1 heterocycles. The second-order valence-electron chi connectivity index (χ2n) is 4.02. The number of hydrogen-bond donors (Lipinski definition) is 2. The minimum Gasteiger partial charge on any atom is -0.392 e. The third-order valence-corrected chi connectivity index (χ3v) is 2.70. The Labute approximate surface area is 73.9 Å². The fraction of sp³-hybridized carbons (Fsp3) is 1.00. The molecule has 0 aromatic rings. The zero-order valence-corrected chi connectivity index (χ0v) is 7.75. The minimum atomic E-state index is -0.340. The van der Waals surface area contributed by atoms with E-state index in [1.807, 2.05) is 0 Å². The van der Waals surface area contributed by atoms with Crippen LogP contribution in [-0.4, -0.2) is 31.0 Å². The van der Waals surface area contributed by atoms with Crippen LogP contribution < -0.4 is 5.73 Å². The second-order valence-corrected chi connectivity index (χ2v) is 4.02. The van der Waals surface area contributed by atoms with Gasteiger partial charge in [-0.3, -0.25) is 0 Å². The van der Waals surface area contributed by atoms with Gasteiger partial charge >= 0.3 is 0 Å². The van der Waals surface area contributed by atoms with Gasteiger partial charge in [-0.15, -0.1) is 0 Å². The molecule has 3 heteroatoms. The van der Waals surface area contributed by atoms with Crippen molar-refractivity contribution in [1.82, 2.24) is 0 Å². The van der Waals surface area contributed by atoms with Crippen LogP contribution in [0, 0.1) is 5.41 Å². The monoisotopic (exact) mass is 173 g/mol. The molecule has 0 radical (unpaired) electrons. The van der Waals surface area contributed by atoms with Gasteiger partial charge in [-0.25, -0.2) is 0 Å². The molecule has 1 aliphatic heterocycles. The van der Waals surface area contributed by atoms with Gasteiger partial charge in [0.2, 0.25) is 0 Å². The Hall–Kier alpha value is -0.120. The predicted octanol–water partition coefficient (Wildman–Crippen LogP) is 0.513. The zero-order valence-electron chi connectivity index (χ0n) is 7.75. The van der Waals surface area contributed by atoms with E-state index in [-0.39, 0.29) is 11.5 Å². The normalized spacial score (nSPS) is 25.2. The van der Waals surface area contributed by atoms with E-state index < -0.39 is 0 Å². The first-order valence-corrected chi connectivity index (χ1v) is 4.62. The van der Waals surface area contributed by atoms with Crippen LogP contribution in [0.4, 0.5) is 0 Å². The van der Waals surface area contributed by atoms with Crippen molar-refractivity contribution in [3.05, 3.63) is 0 Å². The molecule has 1 saturated heterocycles. The predicted molar refractivity (Wildman–Crippen MR) is 47.8 cm³/mol. The Bertz CT molecular complexity index is 132. The summed E-state index contributed by atoms with van der Waals surface area (Å²) in [6.07, 6.45) is 2.56. The van der Waals surface area contributed by atoms with Crippen LogP contribution in [0.5, 0.6) is 0 Å². The van der Waals surface area contributed by atoms with Crippen LogP contribution in [0.1, 0.15) is 26.2 Å². The molecule has 0 bridgehead atoms. The summed E-state index contributed by atoms with van der Waals surface area (Å²) in [5.41, 5.74) is 5.61. The molecule has 0 spiro atoms. The second kappa shape index (κ2) is 4.21. The Morgan fingerprint density at radius 1 is 1.50 bits per heavy atom. The summed E-state index contributed by atoms with van der Waals surface area (Å²) in [6.45, 7) is 4.23. The molecule has 72 valence electrons. The Morgan fingerprint density at radius 3 is 2.58 bits per heavy atom. The first kappa shape index (κ1) is 9.96. The average Bonchev–Trinajstić information content (AvgIpc) is 2.05. The van der Waals surface area contributed by atoms with Gasteiger partial charge in [0, 0.05) is 19.8 Å². The standard InChI is InChI=1S/C9H19NO2/c1-9(6-8(11)7-10)2-4-12-5-3-9/h8,11H,2-7,10H2,1H3. The molecule has 0 amide bonds. The van der Waals surface area contributed by atoms with E-state index in [2.05, 4.69) is 6.92 Å². The highest BCUT2D eigenvalue weighted by atomic mass is 16.5. The summed E-state index contributed by atoms with van der Waals surface area (Å²) in [5.74, 6) is 0. The van der Waals surface area contributed by atoms with Crippen molar-refractivity contribution in [2.75, 3.05) is 19.8 Å². The lowest BCUT2D eigenvalue weighted by molar-refractivity contribution is -0.00219. The maximum Gasteiger partial charge on any atom is 0.0667 e. The highest BCUT2D eigenvalue weighted by Crippen LogP contribution is 2.34. The van der Waals surface area contributed by atoms with Gasteiger partial charge < -0.3 is 15.6 Å². The van der Waals surface area contributed by atoms with E-state index in [9.17, 15) is 5.11 Å². The Morgan fingerprint density at radius 2 is 2.08 bits per heavy atom. The number of aliphatic hydroxyl groups excluding tert-OH is 1. The molecule has 1 unspecified atom stereocenters. The molecule has 0 aliphatic carbocycles. The van der Waals surface area contributed by atoms with Crippen molar-refractivity contribution in [1.29, 1.82) is 0 Å². The molecule has 1 atom stereocenters. The van der Waals surface area contributed by atoms with E-state index in [0.29, 0.717) is 6.54 Å². The summed E-state index contributed by atoms with van der Waals surface area (Å²) >= 11 is 0. The van der Waals surface area contributed by atoms with Crippen LogP contribution in [0.2, 0.25) is 0 Å². The molecule has 1 fully saturated rings. The summed E-state index contributed by atoms with van der Waals surface area (Å²) in [5, 5.41) is 9.41. The number of rotatable bonds is 3. The van der Waals surface area contributed by atoms with Crippen molar-refractivity contribution in [2.45, 2.75) is 32.3 Å². The molecular weight excluding hydrogens is 154 g/mol. The maximum absolute atomic E-state index is 9.41. The molecule has 0 saturated carbocycles. The van der Waals surface area contributed by atoms with Gasteiger partial charge in [-0.2, -0.15) is 0 Å². The maximum atomic E-state index is 9.41. The molecule has 3 nitrogen and oxygen atoms in total. The molecule has 1 aliphatic rings. The van der Waals surface area contributed by atoms with Crippen LogP contribution in [0.3, 0.4) is 0 Å². The van der Waals surface area contributed by atoms with Gasteiger partial charge in [-0.05, 0) is 24.7 Å². The topological polar surface area (TPSA) is 55.5 Å². The average molecular weight is 173 g/mol. The highest BCUT2D eigenvalue weighted by molar-refractivity contribution is 4.80. The summed E-state index contributed by atoms with van der Waals surface area (Å²) in [4.78, 5) is 0. The summed E-state index contributed by atoms with van der Waals surface area (Å²) in [7, 11) is 0. The number of nitrogens with two attached hydrogens (primary N) is 1. The van der Waals surface area contributed by atoms with Crippen LogP contribution in [-0.2, 0) is 4.74 Å². The molecule has 0 aromatic carbocycles. The molecular formula is C9H19NO2. The first-order chi connectivity index (χ1) is 5.66. The van der Waals surface area contributed by atoms with Crippen molar-refractivity contribution < 1.29 is 9.84 Å². The van der Waals surface area contributed by atoms with Crippen molar-refractivity contribution in [2.24, 2.45) is 11.1 Å². The van der Waals surface area contributed by atoms with Gasteiger partial charge in [0.15, 0.2) is 0 Å². The fourth-order valence-electron chi connectivity index (χ4n) is 1.72. The lowest BCUT2D eigenvalue weighted by Gasteiger charge is -2.34. The molecule has 12 heavy (non-hydrogen) atoms. The third-order valence-electron chi connectivity index (χ3n) is 2.70. The number of aliphatic hydroxyl groups is 1.